The van der Waals surface area contributed by atoms with E-state index < -0.39 is 6.04 Å². The number of hydrogen-bond acceptors (Lipinski definition) is 4. The van der Waals surface area contributed by atoms with Crippen LogP contribution in [0.1, 0.15) is 26.2 Å². The standard InChI is InChI=1S/C19H18FN3O2S/c1-11(24)23-9-3-2-4-16(23)18(25)22-19-21-15-8-5-12-10-13(20)6-7-14(12)17(15)26-19/h5-8,10,16H,2-4,9H2,1H3,(H,21,22,25). The quantitative estimate of drug-likeness (QED) is 0.742. The maximum atomic E-state index is 13.4. The van der Waals surface area contributed by atoms with Crippen LogP contribution in [0.25, 0.3) is 21.0 Å². The van der Waals surface area contributed by atoms with Gasteiger partial charge in [0.25, 0.3) is 0 Å². The van der Waals surface area contributed by atoms with Crippen molar-refractivity contribution in [1.82, 2.24) is 9.88 Å². The van der Waals surface area contributed by atoms with Crippen molar-refractivity contribution in [3.05, 3.63) is 36.1 Å². The van der Waals surface area contributed by atoms with Crippen molar-refractivity contribution in [1.29, 1.82) is 0 Å². The summed E-state index contributed by atoms with van der Waals surface area (Å²) in [5.74, 6) is -0.562. The second-order valence-electron chi connectivity index (χ2n) is 6.51. The van der Waals surface area contributed by atoms with Crippen LogP contribution in [0.2, 0.25) is 0 Å². The minimum absolute atomic E-state index is 0.0813. The summed E-state index contributed by atoms with van der Waals surface area (Å²) < 4.78 is 14.3. The Morgan fingerprint density at radius 1 is 1.27 bits per heavy atom. The van der Waals surface area contributed by atoms with Crippen LogP contribution in [0.15, 0.2) is 30.3 Å². The predicted octanol–water partition coefficient (Wildman–Crippen LogP) is 3.93. The minimum Gasteiger partial charge on any atom is -0.331 e. The average Bonchev–Trinajstić information content (AvgIpc) is 3.04. The van der Waals surface area contributed by atoms with E-state index in [1.807, 2.05) is 12.1 Å². The lowest BCUT2D eigenvalue weighted by Gasteiger charge is -2.33. The van der Waals surface area contributed by atoms with Crippen molar-refractivity contribution < 1.29 is 14.0 Å². The number of amides is 2. The summed E-state index contributed by atoms with van der Waals surface area (Å²) in [7, 11) is 0. The number of benzene rings is 2. The van der Waals surface area contributed by atoms with Crippen LogP contribution in [-0.4, -0.2) is 34.3 Å². The van der Waals surface area contributed by atoms with Gasteiger partial charge in [0.2, 0.25) is 11.8 Å². The Hall–Kier alpha value is -2.54. The van der Waals surface area contributed by atoms with Crippen LogP contribution in [0.4, 0.5) is 9.52 Å². The number of rotatable bonds is 2. The Kier molecular flexibility index (Phi) is 4.32. The molecule has 0 radical (unpaired) electrons. The van der Waals surface area contributed by atoms with E-state index in [4.69, 9.17) is 0 Å². The molecule has 4 rings (SSSR count). The zero-order chi connectivity index (χ0) is 18.3. The molecule has 5 nitrogen and oxygen atoms in total. The number of aromatic nitrogens is 1. The molecule has 2 heterocycles. The largest absolute Gasteiger partial charge is 0.331 e. The van der Waals surface area contributed by atoms with Crippen LogP contribution >= 0.6 is 11.3 Å². The molecule has 0 aliphatic carbocycles. The van der Waals surface area contributed by atoms with Crippen molar-refractivity contribution in [3.63, 3.8) is 0 Å². The van der Waals surface area contributed by atoms with Crippen LogP contribution in [-0.2, 0) is 9.59 Å². The highest BCUT2D eigenvalue weighted by Gasteiger charge is 2.30. The SMILES string of the molecule is CC(=O)N1CCCCC1C(=O)Nc1nc2ccc3cc(F)ccc3c2s1. The zero-order valence-electron chi connectivity index (χ0n) is 14.3. The molecule has 1 aromatic heterocycles. The topological polar surface area (TPSA) is 62.3 Å². The van der Waals surface area contributed by atoms with Crippen LogP contribution in [0, 0.1) is 5.82 Å². The third kappa shape index (κ3) is 3.03. The Morgan fingerprint density at radius 3 is 2.92 bits per heavy atom. The van der Waals surface area contributed by atoms with E-state index in [0.29, 0.717) is 18.1 Å². The monoisotopic (exact) mass is 371 g/mol. The van der Waals surface area contributed by atoms with Crippen molar-refractivity contribution in [3.8, 4) is 0 Å². The first-order chi connectivity index (χ1) is 12.5. The lowest BCUT2D eigenvalue weighted by atomic mass is 10.0. The smallest absolute Gasteiger partial charge is 0.248 e. The fraction of sp³-hybridized carbons (Fsp3) is 0.316. The van der Waals surface area contributed by atoms with Gasteiger partial charge in [-0.05, 0) is 48.9 Å². The molecule has 1 saturated heterocycles. The number of likely N-dealkylation sites (tertiary alicyclic amines) is 1. The molecule has 2 aromatic carbocycles. The van der Waals surface area contributed by atoms with E-state index in [9.17, 15) is 14.0 Å². The van der Waals surface area contributed by atoms with Gasteiger partial charge in [-0.25, -0.2) is 9.37 Å². The van der Waals surface area contributed by atoms with E-state index >= 15 is 0 Å². The molecule has 0 bridgehead atoms. The lowest BCUT2D eigenvalue weighted by Crippen LogP contribution is -2.49. The molecule has 2 amide bonds. The van der Waals surface area contributed by atoms with Crippen molar-refractivity contribution >= 4 is 49.3 Å². The van der Waals surface area contributed by atoms with Gasteiger partial charge in [-0.15, -0.1) is 0 Å². The van der Waals surface area contributed by atoms with Gasteiger partial charge in [-0.3, -0.25) is 9.59 Å². The number of thiazole rings is 1. The van der Waals surface area contributed by atoms with Gasteiger partial charge in [-0.2, -0.15) is 0 Å². The zero-order valence-corrected chi connectivity index (χ0v) is 15.1. The molecule has 1 atom stereocenters. The molecule has 26 heavy (non-hydrogen) atoms. The summed E-state index contributed by atoms with van der Waals surface area (Å²) in [6.45, 7) is 2.11. The number of fused-ring (bicyclic) bond motifs is 3. The first-order valence-electron chi connectivity index (χ1n) is 8.60. The Labute approximate surface area is 153 Å². The number of nitrogens with zero attached hydrogens (tertiary/aromatic N) is 2. The molecule has 3 aromatic rings. The number of anilines is 1. The molecule has 1 unspecified atom stereocenters. The highest BCUT2D eigenvalue weighted by molar-refractivity contribution is 7.23. The average molecular weight is 371 g/mol. The summed E-state index contributed by atoms with van der Waals surface area (Å²) in [4.78, 5) is 30.6. The first kappa shape index (κ1) is 16.9. The Bertz CT molecular complexity index is 1020. The van der Waals surface area contributed by atoms with E-state index in [1.54, 1.807) is 11.0 Å². The van der Waals surface area contributed by atoms with Crippen LogP contribution in [0.3, 0.4) is 0 Å². The summed E-state index contributed by atoms with van der Waals surface area (Å²) in [6.07, 6.45) is 2.52. The molecule has 0 spiro atoms. The van der Waals surface area contributed by atoms with Gasteiger partial charge in [0, 0.05) is 18.9 Å². The third-order valence-electron chi connectivity index (χ3n) is 4.77. The number of carbonyl (C=O) groups excluding carboxylic acids is 2. The maximum absolute atomic E-state index is 13.4. The van der Waals surface area contributed by atoms with Crippen LogP contribution in [0.5, 0.6) is 0 Å². The van der Waals surface area contributed by atoms with Gasteiger partial charge in [0.1, 0.15) is 11.9 Å². The van der Waals surface area contributed by atoms with Gasteiger partial charge in [-0.1, -0.05) is 17.4 Å². The first-order valence-corrected chi connectivity index (χ1v) is 9.41. The summed E-state index contributed by atoms with van der Waals surface area (Å²) in [5, 5.41) is 5.07. The molecule has 7 heteroatoms. The van der Waals surface area contributed by atoms with Gasteiger partial charge in [0.05, 0.1) is 10.2 Å². The summed E-state index contributed by atoms with van der Waals surface area (Å²) in [5.41, 5.74) is 0.761. The molecule has 1 aliphatic rings. The maximum Gasteiger partial charge on any atom is 0.248 e. The summed E-state index contributed by atoms with van der Waals surface area (Å²) >= 11 is 1.37. The number of hydrogen-bond donors (Lipinski definition) is 1. The second-order valence-corrected chi connectivity index (χ2v) is 7.51. The predicted molar refractivity (Wildman–Crippen MR) is 101 cm³/mol. The molecule has 0 saturated carbocycles. The van der Waals surface area contributed by atoms with Gasteiger partial charge < -0.3 is 10.2 Å². The fourth-order valence-corrected chi connectivity index (χ4v) is 4.51. The van der Waals surface area contributed by atoms with Gasteiger partial charge in [0.15, 0.2) is 5.13 Å². The molecular weight excluding hydrogens is 353 g/mol. The van der Waals surface area contributed by atoms with E-state index in [-0.39, 0.29) is 17.6 Å². The number of halogens is 1. The van der Waals surface area contributed by atoms with Crippen molar-refractivity contribution in [2.45, 2.75) is 32.2 Å². The van der Waals surface area contributed by atoms with E-state index in [2.05, 4.69) is 10.3 Å². The number of nitrogens with one attached hydrogen (secondary N) is 1. The molecule has 1 fully saturated rings. The highest BCUT2D eigenvalue weighted by atomic mass is 32.1. The lowest BCUT2D eigenvalue weighted by molar-refractivity contribution is -0.138. The number of piperidine rings is 1. The Morgan fingerprint density at radius 2 is 2.12 bits per heavy atom. The minimum atomic E-state index is -0.445. The molecule has 1 aliphatic heterocycles. The van der Waals surface area contributed by atoms with Crippen molar-refractivity contribution in [2.24, 2.45) is 0 Å². The third-order valence-corrected chi connectivity index (χ3v) is 5.79. The Balaban J connectivity index is 1.63. The summed E-state index contributed by atoms with van der Waals surface area (Å²) in [6, 6.07) is 7.84. The molecular formula is C19H18FN3O2S. The van der Waals surface area contributed by atoms with Crippen molar-refractivity contribution in [2.75, 3.05) is 11.9 Å². The molecule has 134 valence electrons. The van der Waals surface area contributed by atoms with Crippen LogP contribution < -0.4 is 5.32 Å². The second kappa shape index (κ2) is 6.64. The molecule has 1 N–H and O–H groups in total. The van der Waals surface area contributed by atoms with Gasteiger partial charge >= 0.3 is 0 Å². The van der Waals surface area contributed by atoms with E-state index in [0.717, 1.165) is 33.8 Å². The highest BCUT2D eigenvalue weighted by Crippen LogP contribution is 2.33. The normalized spacial score (nSPS) is 17.6. The number of carbonyl (C=O) groups is 2. The fourth-order valence-electron chi connectivity index (χ4n) is 3.51. The van der Waals surface area contributed by atoms with E-state index in [1.165, 1.54) is 30.4 Å².